The summed E-state index contributed by atoms with van der Waals surface area (Å²) in [7, 11) is 2.73. The van der Waals surface area contributed by atoms with Gasteiger partial charge in [0.2, 0.25) is 35.4 Å². The lowest BCUT2D eigenvalue weighted by Gasteiger charge is -2.33. The maximum absolute atomic E-state index is 13.8. The van der Waals surface area contributed by atoms with Crippen molar-refractivity contribution < 1.29 is 52.9 Å². The third kappa shape index (κ3) is 17.9. The number of carbonyl (C=O) groups excluding carboxylic acids is 8. The maximum atomic E-state index is 13.8. The summed E-state index contributed by atoms with van der Waals surface area (Å²) in [5.41, 5.74) is 1.49. The first-order chi connectivity index (χ1) is 31.3. The summed E-state index contributed by atoms with van der Waals surface area (Å²) < 4.78 is 11.6. The van der Waals surface area contributed by atoms with Crippen molar-refractivity contribution in [2.45, 2.75) is 174 Å². The normalized spacial score (nSPS) is 17.9. The first-order valence-electron chi connectivity index (χ1n) is 23.6. The van der Waals surface area contributed by atoms with Crippen LogP contribution in [0.4, 0.5) is 0 Å². The number of hydrogen-bond donors (Lipinski definition) is 7. The van der Waals surface area contributed by atoms with Crippen LogP contribution in [-0.4, -0.2) is 157 Å². The second-order valence-electron chi connectivity index (χ2n) is 17.2. The molecule has 1 heterocycles. The number of ether oxygens (including phenoxy) is 2. The van der Waals surface area contributed by atoms with E-state index in [1.165, 1.54) is 46.2 Å². The Balaban J connectivity index is 2.08. The van der Waals surface area contributed by atoms with Crippen molar-refractivity contribution in [2.75, 3.05) is 40.5 Å². The van der Waals surface area contributed by atoms with Gasteiger partial charge in [0, 0.05) is 38.9 Å². The maximum Gasteiger partial charge on any atom is 0.251 e. The SMILES string of the molecule is CCCCCCc1ccc(C(=O)N[C@H](COCCCC)C(=O)N[C@H](C)C(=O)NCC(=O)N(C)[C@H](C(=O)N[C@@H](C)C(=O)N[C@H]2CC(C)N(C(C)C(O)C(=O)NC)C2=O)C(C)OCCCC)cc1. The highest BCUT2D eigenvalue weighted by atomic mass is 16.5. The summed E-state index contributed by atoms with van der Waals surface area (Å²) in [6.07, 6.45) is 6.39. The second-order valence-corrected chi connectivity index (χ2v) is 17.2. The van der Waals surface area contributed by atoms with Gasteiger partial charge >= 0.3 is 0 Å². The molecular weight excluding hydrogens is 853 g/mol. The number of benzene rings is 1. The molecule has 19 nitrogen and oxygen atoms in total. The Morgan fingerprint density at radius 1 is 0.788 bits per heavy atom. The van der Waals surface area contributed by atoms with Crippen molar-refractivity contribution in [3.63, 3.8) is 0 Å². The van der Waals surface area contributed by atoms with E-state index in [0.29, 0.717) is 18.6 Å². The zero-order chi connectivity index (χ0) is 49.5. The van der Waals surface area contributed by atoms with Crippen LogP contribution in [0.5, 0.6) is 0 Å². The molecule has 1 saturated heterocycles. The molecule has 0 aliphatic carbocycles. The number of unbranched alkanes of at least 4 members (excludes halogenated alkanes) is 5. The molecule has 4 unspecified atom stereocenters. The smallest absolute Gasteiger partial charge is 0.251 e. The number of amides is 8. The highest BCUT2D eigenvalue weighted by Crippen LogP contribution is 2.24. The minimum atomic E-state index is -1.48. The van der Waals surface area contributed by atoms with E-state index >= 15 is 0 Å². The first-order valence-corrected chi connectivity index (χ1v) is 23.6. The number of likely N-dealkylation sites (N-methyl/N-ethyl adjacent to an activating group) is 2. The van der Waals surface area contributed by atoms with Crippen LogP contribution in [0, 0.1) is 0 Å². The summed E-state index contributed by atoms with van der Waals surface area (Å²) >= 11 is 0. The molecule has 1 fully saturated rings. The van der Waals surface area contributed by atoms with Gasteiger partial charge < -0.3 is 56.3 Å². The van der Waals surface area contributed by atoms with Gasteiger partial charge in [0.25, 0.3) is 11.8 Å². The number of hydrogen-bond acceptors (Lipinski definition) is 11. The standard InChI is InChI=1S/C47H78N8O11/c1-11-14-17-18-19-34-20-22-35(23-21-34)43(60)53-37(28-65-24-15-12-2)44(61)50-30(5)41(58)49-27-38(56)54(10)39(33(8)66-25-16-13-3)45(62)51-31(6)42(59)52-36-26-29(4)55(47(36)64)32(7)40(57)46(63)48-9/h20-23,29-33,36-37,39-40,57H,11-19,24-28H2,1-10H3,(H,48,63)(H,49,58)(H,50,61)(H,51,62)(H,52,59)(H,53,60)/t29?,30-,31+,32?,33?,36+,37-,39+,40?/m1/s1. The Kier molecular flexibility index (Phi) is 25.5. The Bertz CT molecular complexity index is 1750. The lowest BCUT2D eigenvalue weighted by molar-refractivity contribution is -0.145. The minimum Gasteiger partial charge on any atom is -0.381 e. The molecular formula is C47H78N8O11. The van der Waals surface area contributed by atoms with Crippen LogP contribution >= 0.6 is 0 Å². The van der Waals surface area contributed by atoms with Crippen LogP contribution < -0.4 is 31.9 Å². The zero-order valence-corrected chi connectivity index (χ0v) is 40.8. The number of nitrogens with zero attached hydrogens (tertiary/aromatic N) is 2. The molecule has 7 N–H and O–H groups in total. The van der Waals surface area contributed by atoms with Crippen molar-refractivity contribution in [3.05, 3.63) is 35.4 Å². The van der Waals surface area contributed by atoms with E-state index in [1.54, 1.807) is 26.0 Å². The Labute approximate surface area is 391 Å². The minimum absolute atomic E-state index is 0.131. The van der Waals surface area contributed by atoms with Crippen LogP contribution in [-0.2, 0) is 49.5 Å². The van der Waals surface area contributed by atoms with E-state index in [4.69, 9.17) is 9.47 Å². The highest BCUT2D eigenvalue weighted by Gasteiger charge is 2.44. The monoisotopic (exact) mass is 931 g/mol. The predicted octanol–water partition coefficient (Wildman–Crippen LogP) is 1.48. The number of carbonyl (C=O) groups is 8. The van der Waals surface area contributed by atoms with Crippen molar-refractivity contribution in [2.24, 2.45) is 0 Å². The predicted molar refractivity (Wildman–Crippen MR) is 249 cm³/mol. The number of aryl methyl sites for hydroxylation is 1. The molecule has 0 saturated carbocycles. The number of nitrogens with one attached hydrogen (secondary N) is 6. The fourth-order valence-corrected chi connectivity index (χ4v) is 7.49. The molecule has 0 radical (unpaired) electrons. The molecule has 19 heteroatoms. The van der Waals surface area contributed by atoms with Gasteiger partial charge in [-0.2, -0.15) is 0 Å². The zero-order valence-electron chi connectivity index (χ0n) is 40.8. The van der Waals surface area contributed by atoms with E-state index in [9.17, 15) is 43.5 Å². The average molecular weight is 931 g/mol. The van der Waals surface area contributed by atoms with Crippen LogP contribution in [0.1, 0.15) is 129 Å². The van der Waals surface area contributed by atoms with Gasteiger partial charge in [-0.15, -0.1) is 0 Å². The molecule has 0 bridgehead atoms. The van der Waals surface area contributed by atoms with E-state index in [2.05, 4.69) is 38.8 Å². The molecule has 0 aromatic heterocycles. The first kappa shape index (κ1) is 57.0. The molecule has 8 amide bonds. The van der Waals surface area contributed by atoms with Crippen molar-refractivity contribution in [1.29, 1.82) is 0 Å². The van der Waals surface area contributed by atoms with Crippen LogP contribution in [0.2, 0.25) is 0 Å². The fraction of sp³-hybridized carbons (Fsp3) is 0.702. The van der Waals surface area contributed by atoms with Crippen molar-refractivity contribution in [3.8, 4) is 0 Å². The summed E-state index contributed by atoms with van der Waals surface area (Å²) in [6, 6.07) is 0.282. The van der Waals surface area contributed by atoms with Gasteiger partial charge in [-0.1, -0.05) is 65.0 Å². The molecule has 1 aromatic carbocycles. The number of likely N-dealkylation sites (tertiary alicyclic amines) is 1. The quantitative estimate of drug-likeness (QED) is 0.0545. The molecule has 2 rings (SSSR count). The molecule has 1 aliphatic rings. The van der Waals surface area contributed by atoms with Gasteiger partial charge in [-0.05, 0) is 84.4 Å². The van der Waals surface area contributed by atoms with Gasteiger partial charge in [0.15, 0.2) is 6.10 Å². The summed E-state index contributed by atoms with van der Waals surface area (Å²) in [5, 5.41) is 25.9. The van der Waals surface area contributed by atoms with Gasteiger partial charge in [0.05, 0.1) is 25.3 Å². The lowest BCUT2D eigenvalue weighted by atomic mass is 10.0. The lowest BCUT2D eigenvalue weighted by Crippen LogP contribution is -2.59. The van der Waals surface area contributed by atoms with E-state index in [1.807, 2.05) is 26.0 Å². The molecule has 1 aromatic rings. The van der Waals surface area contributed by atoms with Gasteiger partial charge in [-0.3, -0.25) is 38.4 Å². The summed E-state index contributed by atoms with van der Waals surface area (Å²) in [6.45, 7) is 13.8. The molecule has 0 spiro atoms. The summed E-state index contributed by atoms with van der Waals surface area (Å²) in [4.78, 5) is 109. The summed E-state index contributed by atoms with van der Waals surface area (Å²) in [5.74, 6) is -5.07. The Morgan fingerprint density at radius 2 is 1.39 bits per heavy atom. The van der Waals surface area contributed by atoms with Crippen LogP contribution in [0.3, 0.4) is 0 Å². The molecule has 66 heavy (non-hydrogen) atoms. The number of rotatable bonds is 30. The molecule has 9 atom stereocenters. The topological polar surface area (TPSA) is 254 Å². The average Bonchev–Trinajstić information content (AvgIpc) is 3.57. The highest BCUT2D eigenvalue weighted by molar-refractivity contribution is 5.99. The van der Waals surface area contributed by atoms with Gasteiger partial charge in [-0.25, -0.2) is 0 Å². The van der Waals surface area contributed by atoms with Crippen LogP contribution in [0.15, 0.2) is 24.3 Å². The van der Waals surface area contributed by atoms with Crippen molar-refractivity contribution in [1.82, 2.24) is 41.7 Å². The number of aliphatic hydroxyl groups excluding tert-OH is 1. The van der Waals surface area contributed by atoms with Crippen molar-refractivity contribution >= 4 is 47.3 Å². The number of aliphatic hydroxyl groups is 1. The van der Waals surface area contributed by atoms with Crippen LogP contribution in [0.25, 0.3) is 0 Å². The van der Waals surface area contributed by atoms with E-state index in [0.717, 1.165) is 55.4 Å². The van der Waals surface area contributed by atoms with E-state index in [-0.39, 0.29) is 19.6 Å². The van der Waals surface area contributed by atoms with E-state index < -0.39 is 108 Å². The van der Waals surface area contributed by atoms with Gasteiger partial charge in [0.1, 0.15) is 30.2 Å². The Hall–Kier alpha value is -5.14. The fourth-order valence-electron chi connectivity index (χ4n) is 7.49. The molecule has 1 aliphatic heterocycles. The third-order valence-electron chi connectivity index (χ3n) is 11.7. The second kappa shape index (κ2) is 29.5. The Morgan fingerprint density at radius 3 is 2.02 bits per heavy atom. The molecule has 372 valence electrons. The largest absolute Gasteiger partial charge is 0.381 e. The third-order valence-corrected chi connectivity index (χ3v) is 11.7.